The van der Waals surface area contributed by atoms with E-state index < -0.39 is 23.4 Å². The molecule has 244 valence electrons. The SMILES string of the molecule is C[C@@H]1[C@@H](C(C)(C)O)[C@H](CCn2cc([C@H](O)c3ccccc3)nn2)O[C@@]12C(=O)N(Cc1ccc(N3CCOC3=O)cc1)c1ccccc12. The third-order valence-corrected chi connectivity index (χ3v) is 9.84. The molecule has 0 unspecified atom stereocenters. The number of benzene rings is 3. The van der Waals surface area contributed by atoms with Crippen molar-refractivity contribution in [2.75, 3.05) is 23.0 Å². The normalized spacial score (nSPS) is 24.7. The summed E-state index contributed by atoms with van der Waals surface area (Å²) in [5, 5.41) is 30.7. The van der Waals surface area contributed by atoms with Gasteiger partial charge in [0, 0.05) is 29.6 Å². The maximum atomic E-state index is 14.6. The topological polar surface area (TPSA) is 130 Å². The third kappa shape index (κ3) is 5.38. The van der Waals surface area contributed by atoms with E-state index in [0.717, 1.165) is 28.1 Å². The summed E-state index contributed by atoms with van der Waals surface area (Å²) in [7, 11) is 0. The second-order valence-corrected chi connectivity index (χ2v) is 13.2. The summed E-state index contributed by atoms with van der Waals surface area (Å²) in [6.07, 6.45) is 0.474. The number of hydrogen-bond donors (Lipinski definition) is 2. The number of aliphatic hydroxyl groups is 2. The zero-order valence-electron chi connectivity index (χ0n) is 26.7. The predicted molar refractivity (Wildman–Crippen MR) is 173 cm³/mol. The van der Waals surface area contributed by atoms with Gasteiger partial charge in [-0.1, -0.05) is 72.8 Å². The minimum absolute atomic E-state index is 0.163. The van der Waals surface area contributed by atoms with Gasteiger partial charge in [0.1, 0.15) is 18.4 Å². The van der Waals surface area contributed by atoms with E-state index in [0.29, 0.717) is 38.4 Å². The highest BCUT2D eigenvalue weighted by Crippen LogP contribution is 2.58. The van der Waals surface area contributed by atoms with Crippen LogP contribution < -0.4 is 9.80 Å². The van der Waals surface area contributed by atoms with Crippen LogP contribution in [0.2, 0.25) is 0 Å². The van der Waals surface area contributed by atoms with Crippen molar-refractivity contribution in [2.24, 2.45) is 11.8 Å². The van der Waals surface area contributed by atoms with Gasteiger partial charge in [-0.25, -0.2) is 4.79 Å². The Labute approximate surface area is 273 Å². The van der Waals surface area contributed by atoms with Crippen molar-refractivity contribution < 1.29 is 29.3 Å². The number of aliphatic hydroxyl groups excluding tert-OH is 1. The van der Waals surface area contributed by atoms with Crippen molar-refractivity contribution in [1.82, 2.24) is 15.0 Å². The third-order valence-electron chi connectivity index (χ3n) is 9.84. The van der Waals surface area contributed by atoms with Crippen LogP contribution in [0.1, 0.15) is 55.7 Å². The van der Waals surface area contributed by atoms with Crippen LogP contribution in [0.3, 0.4) is 0 Å². The Hall–Kier alpha value is -4.58. The number of rotatable bonds is 9. The molecule has 3 aliphatic heterocycles. The molecule has 2 saturated heterocycles. The molecule has 1 spiro atoms. The van der Waals surface area contributed by atoms with E-state index in [1.165, 1.54) is 0 Å². The molecule has 11 nitrogen and oxygen atoms in total. The molecular weight excluding hydrogens is 598 g/mol. The average molecular weight is 638 g/mol. The minimum Gasteiger partial charge on any atom is -0.447 e. The Morgan fingerprint density at radius 2 is 1.74 bits per heavy atom. The molecule has 0 aliphatic carbocycles. The molecule has 4 aromatic rings. The van der Waals surface area contributed by atoms with Crippen LogP contribution in [0.4, 0.5) is 16.2 Å². The van der Waals surface area contributed by atoms with E-state index in [-0.39, 0.29) is 23.8 Å². The molecule has 3 aliphatic rings. The number of fused-ring (bicyclic) bond motifs is 2. The summed E-state index contributed by atoms with van der Waals surface area (Å²) < 4.78 is 13.6. The number of cyclic esters (lactones) is 1. The Morgan fingerprint density at radius 3 is 2.45 bits per heavy atom. The molecule has 0 saturated carbocycles. The molecule has 3 aromatic carbocycles. The lowest BCUT2D eigenvalue weighted by Gasteiger charge is -2.34. The molecule has 0 radical (unpaired) electrons. The number of nitrogens with zero attached hydrogens (tertiary/aromatic N) is 5. The predicted octanol–water partition coefficient (Wildman–Crippen LogP) is 4.57. The van der Waals surface area contributed by atoms with Crippen LogP contribution in [0, 0.1) is 11.8 Å². The fraction of sp³-hybridized carbons (Fsp3) is 0.389. The van der Waals surface area contributed by atoms with Crippen molar-refractivity contribution in [3.05, 3.63) is 107 Å². The monoisotopic (exact) mass is 637 g/mol. The first-order valence-electron chi connectivity index (χ1n) is 16.1. The highest BCUT2D eigenvalue weighted by Gasteiger charge is 2.65. The van der Waals surface area contributed by atoms with Crippen LogP contribution in [0.5, 0.6) is 0 Å². The van der Waals surface area contributed by atoms with Crippen molar-refractivity contribution in [1.29, 1.82) is 0 Å². The molecule has 0 bridgehead atoms. The summed E-state index contributed by atoms with van der Waals surface area (Å²) in [4.78, 5) is 30.0. The lowest BCUT2D eigenvalue weighted by atomic mass is 9.71. The Balaban J connectivity index is 1.13. The summed E-state index contributed by atoms with van der Waals surface area (Å²) in [5.41, 5.74) is 1.98. The zero-order chi connectivity index (χ0) is 32.9. The maximum Gasteiger partial charge on any atom is 0.414 e. The number of carbonyl (C=O) groups excluding carboxylic acids is 2. The van der Waals surface area contributed by atoms with Gasteiger partial charge in [-0.2, -0.15) is 0 Å². The summed E-state index contributed by atoms with van der Waals surface area (Å²) in [5.74, 6) is -0.873. The lowest BCUT2D eigenvalue weighted by Crippen LogP contribution is -2.46. The first kappa shape index (κ1) is 31.0. The molecule has 47 heavy (non-hydrogen) atoms. The van der Waals surface area contributed by atoms with Gasteiger partial charge in [0.05, 0.1) is 36.7 Å². The molecule has 5 atom stereocenters. The van der Waals surface area contributed by atoms with Gasteiger partial charge in [-0.05, 0) is 49.6 Å². The number of anilines is 2. The minimum atomic E-state index is -1.28. The Morgan fingerprint density at radius 1 is 1.02 bits per heavy atom. The van der Waals surface area contributed by atoms with Crippen molar-refractivity contribution in [3.8, 4) is 0 Å². The molecule has 11 heteroatoms. The van der Waals surface area contributed by atoms with E-state index in [9.17, 15) is 19.8 Å². The van der Waals surface area contributed by atoms with Gasteiger partial charge in [-0.15, -0.1) is 5.10 Å². The molecule has 2 N–H and O–H groups in total. The molecule has 1 aromatic heterocycles. The Kier molecular flexibility index (Phi) is 7.86. The molecule has 2 fully saturated rings. The highest BCUT2D eigenvalue weighted by molar-refractivity contribution is 6.07. The van der Waals surface area contributed by atoms with Crippen LogP contribution in [-0.4, -0.2) is 62.1 Å². The number of para-hydroxylation sites is 1. The van der Waals surface area contributed by atoms with E-state index >= 15 is 0 Å². The number of aromatic nitrogens is 3. The fourth-order valence-electron chi connectivity index (χ4n) is 7.66. The van der Waals surface area contributed by atoms with Crippen LogP contribution in [0.25, 0.3) is 0 Å². The number of aryl methyl sites for hydroxylation is 1. The van der Waals surface area contributed by atoms with Crippen molar-refractivity contribution >= 4 is 23.4 Å². The second-order valence-electron chi connectivity index (χ2n) is 13.2. The van der Waals surface area contributed by atoms with Gasteiger partial charge >= 0.3 is 6.09 Å². The van der Waals surface area contributed by atoms with Gasteiger partial charge < -0.3 is 24.6 Å². The van der Waals surface area contributed by atoms with E-state index in [4.69, 9.17) is 9.47 Å². The number of amides is 2. The smallest absolute Gasteiger partial charge is 0.414 e. The number of carbonyl (C=O) groups is 2. The number of ether oxygens (including phenoxy) is 2. The van der Waals surface area contributed by atoms with E-state index in [1.54, 1.807) is 34.5 Å². The average Bonchev–Trinajstić information content (AvgIpc) is 3.83. The van der Waals surface area contributed by atoms with Crippen LogP contribution >= 0.6 is 0 Å². The molecule has 7 rings (SSSR count). The standard InChI is InChI=1S/C36H39N5O6/c1-23-31(35(2,3)45)30(17-18-39-22-28(37-38-39)32(42)25-9-5-4-6-10-25)47-36(23)27-11-7-8-12-29(27)41(33(36)43)21-24-13-15-26(16-14-24)40-19-20-46-34(40)44/h4-16,22-23,30-32,42,45H,17-21H2,1-3H3/t23-,30+,31-,32-,36+/m1/s1. The largest absolute Gasteiger partial charge is 0.447 e. The molecule has 2 amide bonds. The first-order chi connectivity index (χ1) is 22.6. The second kappa shape index (κ2) is 11.9. The lowest BCUT2D eigenvalue weighted by molar-refractivity contribution is -0.146. The van der Waals surface area contributed by atoms with Crippen molar-refractivity contribution in [3.63, 3.8) is 0 Å². The summed E-state index contributed by atoms with van der Waals surface area (Å²) in [6.45, 7) is 7.15. The number of hydrogen-bond acceptors (Lipinski definition) is 8. The van der Waals surface area contributed by atoms with Gasteiger partial charge in [0.15, 0.2) is 5.60 Å². The maximum absolute atomic E-state index is 14.6. The van der Waals surface area contributed by atoms with Gasteiger partial charge in [-0.3, -0.25) is 14.4 Å². The van der Waals surface area contributed by atoms with Crippen LogP contribution in [-0.2, 0) is 33.0 Å². The van der Waals surface area contributed by atoms with Gasteiger partial charge in [0.25, 0.3) is 5.91 Å². The van der Waals surface area contributed by atoms with E-state index in [1.807, 2.05) is 85.8 Å². The van der Waals surface area contributed by atoms with E-state index in [2.05, 4.69) is 10.3 Å². The molecule has 4 heterocycles. The van der Waals surface area contributed by atoms with Crippen LogP contribution in [0.15, 0.2) is 85.1 Å². The van der Waals surface area contributed by atoms with Crippen molar-refractivity contribution in [2.45, 2.75) is 63.7 Å². The quantitative estimate of drug-likeness (QED) is 0.273. The summed E-state index contributed by atoms with van der Waals surface area (Å²) in [6, 6.07) is 24.6. The highest BCUT2D eigenvalue weighted by atomic mass is 16.6. The fourth-order valence-corrected chi connectivity index (χ4v) is 7.66. The summed E-state index contributed by atoms with van der Waals surface area (Å²) >= 11 is 0. The molecular formula is C36H39N5O6. The van der Waals surface area contributed by atoms with Gasteiger partial charge in [0.2, 0.25) is 0 Å². The Bertz CT molecular complexity index is 1770. The zero-order valence-corrected chi connectivity index (χ0v) is 26.7. The first-order valence-corrected chi connectivity index (χ1v) is 16.1.